The van der Waals surface area contributed by atoms with Gasteiger partial charge in [-0.3, -0.25) is 9.69 Å². The summed E-state index contributed by atoms with van der Waals surface area (Å²) < 4.78 is 0. The van der Waals surface area contributed by atoms with E-state index in [0.717, 1.165) is 5.82 Å². The second-order valence-electron chi connectivity index (χ2n) is 3.13. The minimum Gasteiger partial charge on any atom is -0.332 e. The minimum absolute atomic E-state index is 0.0168. The van der Waals surface area contributed by atoms with Gasteiger partial charge in [-0.25, -0.2) is 0 Å². The maximum Gasteiger partial charge on any atom is 0.253 e. The Hall–Kier alpha value is -1.25. The average molecular weight is 166 g/mol. The summed E-state index contributed by atoms with van der Waals surface area (Å²) in [6.07, 6.45) is 3.32. The molecule has 0 aromatic carbocycles. The van der Waals surface area contributed by atoms with Crippen LogP contribution in [0.15, 0.2) is 24.7 Å². The Morgan fingerprint density at radius 3 is 2.58 bits per heavy atom. The maximum atomic E-state index is 11.1. The number of amides is 1. The smallest absolute Gasteiger partial charge is 0.253 e. The SMILES string of the molecule is C=C1N(C)C(=O)C=CN1C(C)C. The summed E-state index contributed by atoms with van der Waals surface area (Å²) in [5.74, 6) is 0.717. The van der Waals surface area contributed by atoms with Gasteiger partial charge >= 0.3 is 0 Å². The number of nitrogens with zero attached hydrogens (tertiary/aromatic N) is 2. The van der Waals surface area contributed by atoms with Gasteiger partial charge in [-0.05, 0) is 13.8 Å². The highest BCUT2D eigenvalue weighted by Crippen LogP contribution is 2.16. The van der Waals surface area contributed by atoms with Gasteiger partial charge in [0.1, 0.15) is 5.82 Å². The molecule has 3 heteroatoms. The standard InChI is InChI=1S/C9H14N2O/c1-7(2)11-6-5-9(12)10(4)8(11)3/h5-7H,3H2,1-2,4H3. The van der Waals surface area contributed by atoms with E-state index in [-0.39, 0.29) is 5.91 Å². The molecule has 0 aromatic rings. The van der Waals surface area contributed by atoms with Crippen LogP contribution in [0.4, 0.5) is 0 Å². The molecule has 0 saturated heterocycles. The van der Waals surface area contributed by atoms with Gasteiger partial charge in [-0.1, -0.05) is 6.58 Å². The Kier molecular flexibility index (Phi) is 2.22. The van der Waals surface area contributed by atoms with E-state index >= 15 is 0 Å². The number of hydrogen-bond donors (Lipinski definition) is 0. The van der Waals surface area contributed by atoms with Gasteiger partial charge in [0.25, 0.3) is 5.91 Å². The fourth-order valence-corrected chi connectivity index (χ4v) is 1.11. The normalized spacial score (nSPS) is 18.0. The Morgan fingerprint density at radius 1 is 1.50 bits per heavy atom. The summed E-state index contributed by atoms with van der Waals surface area (Å²) in [5.41, 5.74) is 0. The zero-order valence-corrected chi connectivity index (χ0v) is 7.74. The van der Waals surface area contributed by atoms with Crippen LogP contribution in [0.2, 0.25) is 0 Å². The molecule has 3 nitrogen and oxygen atoms in total. The second kappa shape index (κ2) is 3.01. The van der Waals surface area contributed by atoms with Crippen LogP contribution in [-0.4, -0.2) is 28.8 Å². The predicted octanol–water partition coefficient (Wildman–Crippen LogP) is 1.15. The van der Waals surface area contributed by atoms with Crippen LogP contribution in [0.5, 0.6) is 0 Å². The van der Waals surface area contributed by atoms with E-state index in [4.69, 9.17) is 0 Å². The first kappa shape index (κ1) is 8.84. The highest BCUT2D eigenvalue weighted by Gasteiger charge is 2.20. The van der Waals surface area contributed by atoms with Crippen molar-refractivity contribution < 1.29 is 4.79 Å². The molecule has 0 spiro atoms. The lowest BCUT2D eigenvalue weighted by atomic mass is 10.3. The molecule has 0 atom stereocenters. The molecular formula is C9H14N2O. The van der Waals surface area contributed by atoms with Crippen molar-refractivity contribution in [3.8, 4) is 0 Å². The van der Waals surface area contributed by atoms with Crippen LogP contribution >= 0.6 is 0 Å². The fraction of sp³-hybridized carbons (Fsp3) is 0.444. The van der Waals surface area contributed by atoms with Crippen molar-refractivity contribution in [1.29, 1.82) is 0 Å². The quantitative estimate of drug-likeness (QED) is 0.583. The number of rotatable bonds is 1. The fourth-order valence-electron chi connectivity index (χ4n) is 1.11. The summed E-state index contributed by atoms with van der Waals surface area (Å²) in [6, 6.07) is 0.337. The molecule has 0 aliphatic carbocycles. The largest absolute Gasteiger partial charge is 0.332 e. The number of likely N-dealkylation sites (N-methyl/N-ethyl adjacent to an activating group) is 1. The molecule has 1 rings (SSSR count). The third-order valence-corrected chi connectivity index (χ3v) is 1.95. The molecule has 0 N–H and O–H groups in total. The molecule has 0 saturated carbocycles. The van der Waals surface area contributed by atoms with Gasteiger partial charge in [0.15, 0.2) is 0 Å². The van der Waals surface area contributed by atoms with Crippen LogP contribution in [0.25, 0.3) is 0 Å². The Bertz CT molecular complexity index is 243. The molecule has 0 aromatic heterocycles. The molecule has 0 unspecified atom stereocenters. The van der Waals surface area contributed by atoms with E-state index < -0.39 is 0 Å². The van der Waals surface area contributed by atoms with E-state index in [0.29, 0.717) is 6.04 Å². The molecular weight excluding hydrogens is 152 g/mol. The van der Waals surface area contributed by atoms with Crippen molar-refractivity contribution in [2.24, 2.45) is 0 Å². The lowest BCUT2D eigenvalue weighted by Gasteiger charge is -2.34. The summed E-state index contributed by atoms with van der Waals surface area (Å²) in [7, 11) is 1.73. The van der Waals surface area contributed by atoms with E-state index in [1.807, 2.05) is 4.90 Å². The van der Waals surface area contributed by atoms with Crippen LogP contribution in [0, 0.1) is 0 Å². The van der Waals surface area contributed by atoms with Crippen molar-refractivity contribution >= 4 is 5.91 Å². The molecule has 1 heterocycles. The van der Waals surface area contributed by atoms with Crippen molar-refractivity contribution in [2.45, 2.75) is 19.9 Å². The molecule has 0 bridgehead atoms. The molecule has 0 fully saturated rings. The molecule has 66 valence electrons. The van der Waals surface area contributed by atoms with Gasteiger partial charge in [-0.15, -0.1) is 0 Å². The van der Waals surface area contributed by atoms with Crippen molar-refractivity contribution in [2.75, 3.05) is 7.05 Å². The third-order valence-electron chi connectivity index (χ3n) is 1.95. The molecule has 1 aliphatic heterocycles. The zero-order chi connectivity index (χ0) is 9.30. The number of carbonyl (C=O) groups excluding carboxylic acids is 1. The van der Waals surface area contributed by atoms with Crippen LogP contribution < -0.4 is 0 Å². The summed E-state index contributed by atoms with van der Waals surface area (Å²) in [6.45, 7) is 7.94. The van der Waals surface area contributed by atoms with Crippen molar-refractivity contribution in [1.82, 2.24) is 9.80 Å². The average Bonchev–Trinajstić information content (AvgIpc) is 2.00. The first-order valence-electron chi connectivity index (χ1n) is 3.97. The van der Waals surface area contributed by atoms with E-state index in [1.165, 1.54) is 0 Å². The highest BCUT2D eigenvalue weighted by molar-refractivity contribution is 5.89. The summed E-state index contributed by atoms with van der Waals surface area (Å²) >= 11 is 0. The number of hydrogen-bond acceptors (Lipinski definition) is 2. The molecule has 0 radical (unpaired) electrons. The number of carbonyl (C=O) groups is 1. The molecule has 1 amide bonds. The van der Waals surface area contributed by atoms with Crippen LogP contribution in [0.1, 0.15) is 13.8 Å². The summed E-state index contributed by atoms with van der Waals surface area (Å²) in [5, 5.41) is 0. The van der Waals surface area contributed by atoms with E-state index in [9.17, 15) is 4.79 Å². The van der Waals surface area contributed by atoms with Gasteiger partial charge in [-0.2, -0.15) is 0 Å². The Balaban J connectivity index is 2.88. The Labute approximate surface area is 73.0 Å². The van der Waals surface area contributed by atoms with Gasteiger partial charge in [0.2, 0.25) is 0 Å². The monoisotopic (exact) mass is 166 g/mol. The van der Waals surface area contributed by atoms with E-state index in [2.05, 4.69) is 20.4 Å². The third kappa shape index (κ3) is 1.35. The van der Waals surface area contributed by atoms with E-state index in [1.54, 1.807) is 24.2 Å². The lowest BCUT2D eigenvalue weighted by Crippen LogP contribution is -2.39. The first-order chi connectivity index (χ1) is 5.54. The lowest BCUT2D eigenvalue weighted by molar-refractivity contribution is -0.124. The van der Waals surface area contributed by atoms with Gasteiger partial charge < -0.3 is 4.90 Å². The zero-order valence-electron chi connectivity index (χ0n) is 7.74. The van der Waals surface area contributed by atoms with Gasteiger partial charge in [0, 0.05) is 25.4 Å². The highest BCUT2D eigenvalue weighted by atomic mass is 16.2. The van der Waals surface area contributed by atoms with Crippen LogP contribution in [-0.2, 0) is 4.79 Å². The van der Waals surface area contributed by atoms with Crippen LogP contribution in [0.3, 0.4) is 0 Å². The maximum absolute atomic E-state index is 11.1. The first-order valence-corrected chi connectivity index (χ1v) is 3.97. The predicted molar refractivity (Wildman–Crippen MR) is 48.0 cm³/mol. The minimum atomic E-state index is -0.0168. The van der Waals surface area contributed by atoms with Gasteiger partial charge in [0.05, 0.1) is 0 Å². The summed E-state index contributed by atoms with van der Waals surface area (Å²) in [4.78, 5) is 14.6. The van der Waals surface area contributed by atoms with Crippen molar-refractivity contribution in [3.05, 3.63) is 24.7 Å². The second-order valence-corrected chi connectivity index (χ2v) is 3.13. The molecule has 12 heavy (non-hydrogen) atoms. The topological polar surface area (TPSA) is 23.6 Å². The van der Waals surface area contributed by atoms with Crippen molar-refractivity contribution in [3.63, 3.8) is 0 Å². The molecule has 1 aliphatic rings. The Morgan fingerprint density at radius 2 is 2.08 bits per heavy atom.